The van der Waals surface area contributed by atoms with E-state index in [2.05, 4.69) is 0 Å². The lowest BCUT2D eigenvalue weighted by Crippen LogP contribution is -2.65. The summed E-state index contributed by atoms with van der Waals surface area (Å²) in [6.45, 7) is 1.84. The lowest BCUT2D eigenvalue weighted by Gasteiger charge is -2.47. The van der Waals surface area contributed by atoms with Crippen molar-refractivity contribution in [1.29, 1.82) is 0 Å². The molecule has 0 bridgehead atoms. The number of likely N-dealkylation sites (N-methyl/N-ethyl adjacent to an activating group) is 1. The molecule has 0 aromatic rings. The number of nitrogens with zero attached hydrogens (tertiary/aromatic N) is 2. The Labute approximate surface area is 145 Å². The predicted octanol–water partition coefficient (Wildman–Crippen LogP) is -0.399. The Bertz CT molecular complexity index is 769. The maximum absolute atomic E-state index is 12.9. The van der Waals surface area contributed by atoms with E-state index in [1.165, 1.54) is 19.1 Å². The van der Waals surface area contributed by atoms with Crippen LogP contribution in [0.3, 0.4) is 0 Å². The third kappa shape index (κ3) is 1.81. The highest BCUT2D eigenvalue weighted by Gasteiger charge is 2.62. The first-order valence-electron chi connectivity index (χ1n) is 8.16. The average molecular weight is 348 g/mol. The molecule has 2 saturated heterocycles. The molecule has 0 aromatic heterocycles. The minimum Gasteiger partial charge on any atom is -0.495 e. The van der Waals surface area contributed by atoms with Crippen molar-refractivity contribution in [3.8, 4) is 0 Å². The molecule has 0 N–H and O–H groups in total. The minimum atomic E-state index is -1.30. The smallest absolute Gasteiger partial charge is 0.254 e. The van der Waals surface area contributed by atoms with Crippen molar-refractivity contribution in [2.45, 2.75) is 31.2 Å². The minimum absolute atomic E-state index is 0.0222. The molecule has 2 fully saturated rings. The van der Waals surface area contributed by atoms with E-state index in [0.29, 0.717) is 22.5 Å². The van der Waals surface area contributed by atoms with E-state index >= 15 is 0 Å². The highest BCUT2D eigenvalue weighted by Crippen LogP contribution is 2.51. The van der Waals surface area contributed by atoms with Gasteiger partial charge in [0.05, 0.1) is 26.3 Å². The van der Waals surface area contributed by atoms with Crippen LogP contribution in [0.25, 0.3) is 0 Å². The molecule has 0 aromatic carbocycles. The molecular weight excluding hydrogens is 328 g/mol. The third-order valence-electron chi connectivity index (χ3n) is 5.59. The number of Topliss-reactive ketones (excluding diaryl/α,β-unsaturated/α-hetero) is 1. The standard InChI is InChI=1S/C17H20N2O6/c1-8-14(21)9-5-10-16(22)18(2)6-12(20)19(10)11-7-25-17(24-4,13(9)11)15(8)23-3/h10-11H,5-7H2,1-4H3/t10-,11-,17-/m1/s1. The molecule has 134 valence electrons. The van der Waals surface area contributed by atoms with Gasteiger partial charge in [-0.05, 0) is 6.92 Å². The fourth-order valence-corrected chi connectivity index (χ4v) is 4.51. The summed E-state index contributed by atoms with van der Waals surface area (Å²) in [6, 6.07) is -1.17. The molecule has 0 unspecified atom stereocenters. The van der Waals surface area contributed by atoms with Crippen LogP contribution in [-0.2, 0) is 28.6 Å². The fourth-order valence-electron chi connectivity index (χ4n) is 4.51. The lowest BCUT2D eigenvalue weighted by atomic mass is 9.76. The molecule has 25 heavy (non-hydrogen) atoms. The van der Waals surface area contributed by atoms with Gasteiger partial charge in [0.25, 0.3) is 5.79 Å². The van der Waals surface area contributed by atoms with Gasteiger partial charge in [0.2, 0.25) is 11.8 Å². The zero-order chi connectivity index (χ0) is 18.1. The van der Waals surface area contributed by atoms with Gasteiger partial charge in [-0.1, -0.05) is 0 Å². The Morgan fingerprint density at radius 3 is 2.56 bits per heavy atom. The van der Waals surface area contributed by atoms with Gasteiger partial charge >= 0.3 is 0 Å². The zero-order valence-electron chi connectivity index (χ0n) is 14.6. The fraction of sp³-hybridized carbons (Fsp3) is 0.588. The predicted molar refractivity (Wildman–Crippen MR) is 84.1 cm³/mol. The lowest BCUT2D eigenvalue weighted by molar-refractivity contribution is -0.170. The van der Waals surface area contributed by atoms with Crippen LogP contribution in [0.4, 0.5) is 0 Å². The van der Waals surface area contributed by atoms with Crippen molar-refractivity contribution in [2.24, 2.45) is 0 Å². The van der Waals surface area contributed by atoms with Crippen molar-refractivity contribution < 1.29 is 28.6 Å². The van der Waals surface area contributed by atoms with Crippen LogP contribution < -0.4 is 0 Å². The molecule has 4 rings (SSSR count). The van der Waals surface area contributed by atoms with Crippen molar-refractivity contribution in [2.75, 3.05) is 34.4 Å². The summed E-state index contributed by atoms with van der Waals surface area (Å²) in [7, 11) is 4.55. The van der Waals surface area contributed by atoms with E-state index in [-0.39, 0.29) is 37.2 Å². The van der Waals surface area contributed by atoms with E-state index < -0.39 is 17.9 Å². The number of fused-ring (bicyclic) bond motifs is 2. The van der Waals surface area contributed by atoms with Crippen molar-refractivity contribution in [3.05, 3.63) is 22.5 Å². The molecule has 4 aliphatic rings. The monoisotopic (exact) mass is 348 g/mol. The molecule has 8 heteroatoms. The number of hydrogen-bond donors (Lipinski definition) is 0. The van der Waals surface area contributed by atoms with Gasteiger partial charge in [-0.2, -0.15) is 0 Å². The second-order valence-corrected chi connectivity index (χ2v) is 6.74. The molecule has 0 spiro atoms. The van der Waals surface area contributed by atoms with Crippen molar-refractivity contribution in [1.82, 2.24) is 9.80 Å². The molecule has 3 heterocycles. The number of ether oxygens (including phenoxy) is 3. The molecule has 3 aliphatic heterocycles. The van der Waals surface area contributed by atoms with Crippen LogP contribution in [0.1, 0.15) is 13.3 Å². The van der Waals surface area contributed by atoms with Crippen molar-refractivity contribution in [3.63, 3.8) is 0 Å². The summed E-state index contributed by atoms with van der Waals surface area (Å²) in [5, 5.41) is 0. The van der Waals surface area contributed by atoms with Gasteiger partial charge in [0.1, 0.15) is 6.04 Å². The Hall–Kier alpha value is -2.19. The molecule has 8 nitrogen and oxygen atoms in total. The van der Waals surface area contributed by atoms with Crippen molar-refractivity contribution >= 4 is 17.6 Å². The first-order valence-corrected chi connectivity index (χ1v) is 8.16. The summed E-state index contributed by atoms with van der Waals surface area (Å²) in [6.07, 6.45) is 0.169. The number of rotatable bonds is 2. The second-order valence-electron chi connectivity index (χ2n) is 6.74. The van der Waals surface area contributed by atoms with Gasteiger partial charge in [0.15, 0.2) is 11.5 Å². The quantitative estimate of drug-likeness (QED) is 0.675. The van der Waals surface area contributed by atoms with Crippen LogP contribution >= 0.6 is 0 Å². The Morgan fingerprint density at radius 1 is 1.20 bits per heavy atom. The maximum Gasteiger partial charge on any atom is 0.254 e. The molecule has 0 saturated carbocycles. The van der Waals surface area contributed by atoms with E-state index in [9.17, 15) is 14.4 Å². The highest BCUT2D eigenvalue weighted by molar-refractivity contribution is 6.12. The van der Waals surface area contributed by atoms with E-state index in [4.69, 9.17) is 14.2 Å². The maximum atomic E-state index is 12.9. The van der Waals surface area contributed by atoms with Gasteiger partial charge in [-0.25, -0.2) is 0 Å². The normalized spacial score (nSPS) is 34.6. The van der Waals surface area contributed by atoms with E-state index in [1.807, 2.05) is 0 Å². The highest BCUT2D eigenvalue weighted by atomic mass is 16.7. The number of carbonyl (C=O) groups is 3. The summed E-state index contributed by atoms with van der Waals surface area (Å²) >= 11 is 0. The van der Waals surface area contributed by atoms with Crippen LogP contribution in [-0.4, -0.2) is 79.7 Å². The molecule has 1 aliphatic carbocycles. The summed E-state index contributed by atoms with van der Waals surface area (Å²) in [4.78, 5) is 41.1. The number of piperazine rings is 1. The molecular formula is C17H20N2O6. The first kappa shape index (κ1) is 16.3. The first-order chi connectivity index (χ1) is 11.9. The third-order valence-corrected chi connectivity index (χ3v) is 5.59. The van der Waals surface area contributed by atoms with Crippen LogP contribution in [0.5, 0.6) is 0 Å². The Balaban J connectivity index is 1.91. The Morgan fingerprint density at radius 2 is 1.92 bits per heavy atom. The summed E-state index contributed by atoms with van der Waals surface area (Å²) in [5.41, 5.74) is 1.50. The number of amides is 2. The number of methoxy groups -OCH3 is 2. The summed E-state index contributed by atoms with van der Waals surface area (Å²) in [5.74, 6) is -1.48. The van der Waals surface area contributed by atoms with Crippen LogP contribution in [0.2, 0.25) is 0 Å². The van der Waals surface area contributed by atoms with Gasteiger partial charge < -0.3 is 24.0 Å². The summed E-state index contributed by atoms with van der Waals surface area (Å²) < 4.78 is 17.1. The second kappa shape index (κ2) is 5.15. The number of hydrogen-bond acceptors (Lipinski definition) is 6. The topological polar surface area (TPSA) is 85.4 Å². The average Bonchev–Trinajstić information content (AvgIpc) is 2.98. The van der Waals surface area contributed by atoms with Crippen LogP contribution in [0.15, 0.2) is 22.5 Å². The Kier molecular flexibility index (Phi) is 3.36. The van der Waals surface area contributed by atoms with Gasteiger partial charge in [0, 0.05) is 37.3 Å². The molecule has 3 atom stereocenters. The number of carbonyl (C=O) groups excluding carboxylic acids is 3. The SMILES string of the molecule is COC1=C(C)C(=O)C2=C3[C@@H](CO[C@@]13OC)N1C(=O)CN(C)C(=O)[C@H]1C2. The van der Waals surface area contributed by atoms with E-state index in [0.717, 1.165) is 0 Å². The zero-order valence-corrected chi connectivity index (χ0v) is 14.6. The van der Waals surface area contributed by atoms with Gasteiger partial charge in [-0.3, -0.25) is 14.4 Å². The molecule has 0 radical (unpaired) electrons. The van der Waals surface area contributed by atoms with E-state index in [1.54, 1.807) is 18.9 Å². The largest absolute Gasteiger partial charge is 0.495 e. The molecule has 2 amide bonds. The van der Waals surface area contributed by atoms with Gasteiger partial charge in [-0.15, -0.1) is 0 Å². The number of ketones is 1. The van der Waals surface area contributed by atoms with Crippen LogP contribution in [0, 0.1) is 0 Å². The number of allylic oxidation sites excluding steroid dienone is 1.